The van der Waals surface area contributed by atoms with E-state index in [0.717, 1.165) is 9.72 Å². The number of carbonyl (C=O) groups excluding carboxylic acids is 1. The van der Waals surface area contributed by atoms with Crippen molar-refractivity contribution < 1.29 is 9.63 Å². The summed E-state index contributed by atoms with van der Waals surface area (Å²) in [4.78, 5) is 48.8. The summed E-state index contributed by atoms with van der Waals surface area (Å²) in [5.74, 6) is -0.335. The Morgan fingerprint density at radius 3 is 2.72 bits per heavy atom. The first kappa shape index (κ1) is 21.3. The average Bonchev–Trinajstić information content (AvgIpc) is 3.28. The number of imidazole rings is 1. The Kier molecular flexibility index (Phi) is 6.30. The van der Waals surface area contributed by atoms with E-state index in [1.807, 2.05) is 30.9 Å². The molecule has 156 valence electrons. The van der Waals surface area contributed by atoms with E-state index in [4.69, 9.17) is 4.84 Å². The number of rotatable bonds is 7. The predicted octanol–water partition coefficient (Wildman–Crippen LogP) is 1.68. The Hall–Kier alpha value is -2.37. The van der Waals surface area contributed by atoms with Crippen LogP contribution in [-0.4, -0.2) is 38.0 Å². The molecular weight excluding hydrogens is 414 g/mol. The summed E-state index contributed by atoms with van der Waals surface area (Å²) in [6, 6.07) is 0. The van der Waals surface area contributed by atoms with Crippen LogP contribution in [0.4, 0.5) is 0 Å². The largest absolute Gasteiger partial charge is 0.331 e. The molecule has 0 spiro atoms. The second kappa shape index (κ2) is 8.56. The van der Waals surface area contributed by atoms with Crippen molar-refractivity contribution in [1.29, 1.82) is 0 Å². The van der Waals surface area contributed by atoms with E-state index in [1.165, 1.54) is 37.3 Å². The van der Waals surface area contributed by atoms with Gasteiger partial charge >= 0.3 is 5.69 Å². The SMILES string of the molecule is CONC(=O)c1c(Cn2ccnc2SC)sc2c1c(=O)n(C)c(=O)n2CC(C)C. The average molecular weight is 438 g/mol. The van der Waals surface area contributed by atoms with Crippen LogP contribution < -0.4 is 16.7 Å². The van der Waals surface area contributed by atoms with Crippen LogP contribution in [0.5, 0.6) is 0 Å². The molecule has 11 heteroatoms. The van der Waals surface area contributed by atoms with Crippen molar-refractivity contribution in [2.45, 2.75) is 32.1 Å². The molecule has 3 heterocycles. The van der Waals surface area contributed by atoms with Gasteiger partial charge in [0.25, 0.3) is 11.5 Å². The summed E-state index contributed by atoms with van der Waals surface area (Å²) in [6.07, 6.45) is 5.41. The summed E-state index contributed by atoms with van der Waals surface area (Å²) in [5.41, 5.74) is 1.65. The number of hydroxylamine groups is 1. The van der Waals surface area contributed by atoms with Crippen molar-refractivity contribution in [3.8, 4) is 0 Å². The number of hydrogen-bond acceptors (Lipinski definition) is 7. The van der Waals surface area contributed by atoms with E-state index < -0.39 is 17.2 Å². The Labute approximate surface area is 175 Å². The molecule has 29 heavy (non-hydrogen) atoms. The van der Waals surface area contributed by atoms with Gasteiger partial charge in [-0.25, -0.2) is 15.3 Å². The predicted molar refractivity (Wildman–Crippen MR) is 114 cm³/mol. The summed E-state index contributed by atoms with van der Waals surface area (Å²) >= 11 is 2.76. The van der Waals surface area contributed by atoms with E-state index in [9.17, 15) is 14.4 Å². The lowest BCUT2D eigenvalue weighted by atomic mass is 10.1. The normalized spacial score (nSPS) is 11.5. The number of amides is 1. The van der Waals surface area contributed by atoms with Crippen LogP contribution in [0, 0.1) is 5.92 Å². The highest BCUT2D eigenvalue weighted by Gasteiger charge is 2.26. The van der Waals surface area contributed by atoms with Gasteiger partial charge in [0.2, 0.25) is 0 Å². The van der Waals surface area contributed by atoms with Crippen molar-refractivity contribution in [1.82, 2.24) is 24.2 Å². The minimum atomic E-state index is -0.522. The molecular formula is C18H23N5O4S2. The third-order valence-corrected chi connectivity index (χ3v) is 6.29. The van der Waals surface area contributed by atoms with Crippen molar-refractivity contribution in [2.24, 2.45) is 13.0 Å². The molecule has 1 amide bonds. The molecule has 3 rings (SSSR count). The van der Waals surface area contributed by atoms with Crippen LogP contribution in [0.2, 0.25) is 0 Å². The molecule has 0 atom stereocenters. The Morgan fingerprint density at radius 1 is 1.38 bits per heavy atom. The van der Waals surface area contributed by atoms with Gasteiger partial charge < -0.3 is 4.57 Å². The maximum atomic E-state index is 13.0. The molecule has 0 fully saturated rings. The van der Waals surface area contributed by atoms with Crippen LogP contribution >= 0.6 is 23.1 Å². The Bertz CT molecular complexity index is 1170. The van der Waals surface area contributed by atoms with Gasteiger partial charge in [-0.2, -0.15) is 0 Å². The van der Waals surface area contributed by atoms with Gasteiger partial charge in [0.05, 0.1) is 24.6 Å². The third kappa shape index (κ3) is 3.89. The van der Waals surface area contributed by atoms with Gasteiger partial charge in [0.15, 0.2) is 5.16 Å². The first-order valence-corrected chi connectivity index (χ1v) is 11.0. The number of nitrogens with one attached hydrogen (secondary N) is 1. The topological polar surface area (TPSA) is 100 Å². The molecule has 0 bridgehead atoms. The zero-order valence-electron chi connectivity index (χ0n) is 16.9. The Morgan fingerprint density at radius 2 is 2.10 bits per heavy atom. The number of hydrogen-bond donors (Lipinski definition) is 1. The molecule has 1 N–H and O–H groups in total. The lowest BCUT2D eigenvalue weighted by Gasteiger charge is -2.11. The zero-order valence-corrected chi connectivity index (χ0v) is 18.5. The van der Waals surface area contributed by atoms with E-state index in [0.29, 0.717) is 22.8 Å². The lowest BCUT2D eigenvalue weighted by Crippen LogP contribution is -2.39. The Balaban J connectivity index is 2.34. The highest BCUT2D eigenvalue weighted by molar-refractivity contribution is 7.98. The smallest absolute Gasteiger partial charge is 0.321 e. The van der Waals surface area contributed by atoms with Gasteiger partial charge in [-0.3, -0.25) is 23.6 Å². The van der Waals surface area contributed by atoms with E-state index in [-0.39, 0.29) is 16.9 Å². The molecule has 0 aliphatic carbocycles. The molecule has 0 aliphatic rings. The third-order valence-electron chi connectivity index (χ3n) is 4.39. The summed E-state index contributed by atoms with van der Waals surface area (Å²) < 4.78 is 4.52. The number of carbonyl (C=O) groups is 1. The standard InChI is InChI=1S/C18H23N5O4S2/c1-10(2)8-23-16-13(15(25)21(3)18(23)26)12(14(24)20-27-4)11(29-16)9-22-7-6-19-17(22)28-5/h6-7,10H,8-9H2,1-5H3,(H,20,24). The van der Waals surface area contributed by atoms with Gasteiger partial charge in [0.1, 0.15) is 4.83 Å². The number of aromatic nitrogens is 4. The van der Waals surface area contributed by atoms with Crippen LogP contribution in [-0.2, 0) is 25.0 Å². The monoisotopic (exact) mass is 437 g/mol. The molecule has 9 nitrogen and oxygen atoms in total. The number of thiophene rings is 1. The molecule has 3 aromatic rings. The van der Waals surface area contributed by atoms with Crippen molar-refractivity contribution in [2.75, 3.05) is 13.4 Å². The van der Waals surface area contributed by atoms with Crippen LogP contribution in [0.25, 0.3) is 10.2 Å². The first-order chi connectivity index (χ1) is 13.8. The fourth-order valence-corrected chi connectivity index (χ4v) is 4.97. The van der Waals surface area contributed by atoms with Gasteiger partial charge in [0, 0.05) is 30.9 Å². The molecule has 0 aliphatic heterocycles. The van der Waals surface area contributed by atoms with Crippen LogP contribution in [0.1, 0.15) is 29.1 Å². The first-order valence-electron chi connectivity index (χ1n) is 8.93. The highest BCUT2D eigenvalue weighted by atomic mass is 32.2. The number of nitrogens with zero attached hydrogens (tertiary/aromatic N) is 4. The van der Waals surface area contributed by atoms with Crippen molar-refractivity contribution >= 4 is 39.2 Å². The zero-order chi connectivity index (χ0) is 21.3. The van der Waals surface area contributed by atoms with Crippen molar-refractivity contribution in [3.05, 3.63) is 43.7 Å². The molecule has 0 saturated carbocycles. The fraction of sp³-hybridized carbons (Fsp3) is 0.444. The van der Waals surface area contributed by atoms with E-state index in [1.54, 1.807) is 10.8 Å². The van der Waals surface area contributed by atoms with Gasteiger partial charge in [-0.05, 0) is 12.2 Å². The molecule has 0 radical (unpaired) electrons. The lowest BCUT2D eigenvalue weighted by molar-refractivity contribution is 0.0538. The van der Waals surface area contributed by atoms with Gasteiger partial charge in [-0.1, -0.05) is 25.6 Å². The van der Waals surface area contributed by atoms with Crippen LogP contribution in [0.3, 0.4) is 0 Å². The van der Waals surface area contributed by atoms with Gasteiger partial charge in [-0.15, -0.1) is 11.3 Å². The van der Waals surface area contributed by atoms with E-state index >= 15 is 0 Å². The minimum absolute atomic E-state index is 0.187. The summed E-state index contributed by atoms with van der Waals surface area (Å²) in [5, 5.41) is 1.01. The second-order valence-electron chi connectivity index (χ2n) is 6.91. The van der Waals surface area contributed by atoms with Crippen molar-refractivity contribution in [3.63, 3.8) is 0 Å². The maximum absolute atomic E-state index is 13.0. The fourth-order valence-electron chi connectivity index (χ4n) is 3.16. The summed E-state index contributed by atoms with van der Waals surface area (Å²) in [6.45, 7) is 4.77. The van der Waals surface area contributed by atoms with E-state index in [2.05, 4.69) is 10.5 Å². The molecule has 0 saturated heterocycles. The minimum Gasteiger partial charge on any atom is -0.321 e. The second-order valence-corrected chi connectivity index (χ2v) is 8.77. The molecule has 3 aromatic heterocycles. The maximum Gasteiger partial charge on any atom is 0.331 e. The molecule has 0 unspecified atom stereocenters. The summed E-state index contributed by atoms with van der Waals surface area (Å²) in [7, 11) is 2.76. The van der Waals surface area contributed by atoms with Crippen LogP contribution in [0.15, 0.2) is 27.1 Å². The quantitative estimate of drug-likeness (QED) is 0.446. The number of thioether (sulfide) groups is 1. The number of fused-ring (bicyclic) bond motifs is 1. The highest BCUT2D eigenvalue weighted by Crippen LogP contribution is 2.30. The molecule has 0 aromatic carbocycles.